The molecule has 0 bridgehead atoms. The Kier molecular flexibility index (Phi) is 10.6. The summed E-state index contributed by atoms with van der Waals surface area (Å²) in [4.78, 5) is 24.8. The normalized spacial score (nSPS) is 10.6. The Hall–Kier alpha value is -4.01. The molecule has 10 heteroatoms. The third-order valence-corrected chi connectivity index (χ3v) is 5.51. The predicted octanol–water partition coefficient (Wildman–Crippen LogP) is 6.05. The van der Waals surface area contributed by atoms with Gasteiger partial charge in [-0.05, 0) is 61.9 Å². The average molecular weight is 556 g/mol. The van der Waals surface area contributed by atoms with Crippen molar-refractivity contribution in [1.29, 1.82) is 0 Å². The van der Waals surface area contributed by atoms with E-state index >= 15 is 0 Å². The maximum Gasteiger partial charge on any atom is 0.271 e. The first kappa shape index (κ1) is 28.6. The molecule has 2 N–H and O–H groups in total. The molecular weight excluding hydrogens is 529 g/mol. The monoisotopic (exact) mass is 555 g/mol. The summed E-state index contributed by atoms with van der Waals surface area (Å²) in [7, 11) is 0. The van der Waals surface area contributed by atoms with Crippen molar-refractivity contribution in [2.45, 2.75) is 13.8 Å². The first-order chi connectivity index (χ1) is 18.3. The van der Waals surface area contributed by atoms with Crippen molar-refractivity contribution < 1.29 is 23.8 Å². The molecule has 3 aromatic rings. The summed E-state index contributed by atoms with van der Waals surface area (Å²) in [5.41, 5.74) is 5.03. The van der Waals surface area contributed by atoms with Crippen LogP contribution in [-0.2, 0) is 4.79 Å². The Bertz CT molecular complexity index is 1300. The number of amides is 2. The number of anilines is 1. The largest absolute Gasteiger partial charge is 0.490 e. The Morgan fingerprint density at radius 2 is 1.68 bits per heavy atom. The molecule has 0 saturated heterocycles. The second kappa shape index (κ2) is 14.1. The highest BCUT2D eigenvalue weighted by atomic mass is 35.5. The van der Waals surface area contributed by atoms with Crippen molar-refractivity contribution >= 4 is 46.9 Å². The van der Waals surface area contributed by atoms with Crippen LogP contribution in [0.25, 0.3) is 0 Å². The fourth-order valence-corrected chi connectivity index (χ4v) is 3.79. The number of carbonyl (C=O) groups excluding carboxylic acids is 2. The van der Waals surface area contributed by atoms with E-state index in [4.69, 9.17) is 37.4 Å². The minimum atomic E-state index is -0.450. The minimum Gasteiger partial charge on any atom is -0.490 e. The van der Waals surface area contributed by atoms with Gasteiger partial charge >= 0.3 is 0 Å². The molecule has 0 aliphatic heterocycles. The van der Waals surface area contributed by atoms with Crippen LogP contribution in [0.4, 0.5) is 5.69 Å². The van der Waals surface area contributed by atoms with Gasteiger partial charge in [-0.1, -0.05) is 53.6 Å². The van der Waals surface area contributed by atoms with Crippen molar-refractivity contribution in [2.75, 3.05) is 25.1 Å². The fourth-order valence-electron chi connectivity index (χ4n) is 3.18. The summed E-state index contributed by atoms with van der Waals surface area (Å²) >= 11 is 12.6. The van der Waals surface area contributed by atoms with Crippen molar-refractivity contribution in [3.05, 3.63) is 94.0 Å². The van der Waals surface area contributed by atoms with Crippen LogP contribution in [0.3, 0.4) is 0 Å². The average Bonchev–Trinajstić information content (AvgIpc) is 2.89. The van der Waals surface area contributed by atoms with E-state index in [0.717, 1.165) is 5.56 Å². The smallest absolute Gasteiger partial charge is 0.271 e. The molecule has 38 heavy (non-hydrogen) atoms. The number of hydrazone groups is 1. The molecule has 0 aliphatic carbocycles. The number of carbonyl (C=O) groups is 2. The van der Waals surface area contributed by atoms with E-state index in [-0.39, 0.29) is 28.3 Å². The van der Waals surface area contributed by atoms with Crippen LogP contribution in [0.15, 0.2) is 72.4 Å². The van der Waals surface area contributed by atoms with Gasteiger partial charge in [0.2, 0.25) is 0 Å². The molecule has 3 aromatic carbocycles. The lowest BCUT2D eigenvalue weighted by Gasteiger charge is -2.12. The highest BCUT2D eigenvalue weighted by Gasteiger charge is 2.13. The molecule has 0 spiro atoms. The van der Waals surface area contributed by atoms with Gasteiger partial charge in [0.05, 0.1) is 22.9 Å². The van der Waals surface area contributed by atoms with E-state index in [1.807, 2.05) is 26.0 Å². The highest BCUT2D eigenvalue weighted by molar-refractivity contribution is 6.37. The van der Waals surface area contributed by atoms with E-state index in [9.17, 15) is 9.59 Å². The number of nitrogens with one attached hydrogen (secondary N) is 2. The standard InChI is InChI=1S/C28H27Cl2N3O5/c1-4-12-37-24-11-8-20(15-25(24)36-5-2)28(35)33-31-16-19-13-22(29)27(23(30)14-19)38-17-26(34)32-21-9-6-18(3)7-10-21/h4,6-11,13-16H,1,5,12,17H2,2-3H3,(H,32,34)(H,33,35)/b31-16+. The number of ether oxygens (including phenoxy) is 3. The Morgan fingerprint density at radius 1 is 0.974 bits per heavy atom. The maximum absolute atomic E-state index is 12.6. The van der Waals surface area contributed by atoms with E-state index in [2.05, 4.69) is 22.4 Å². The summed E-state index contributed by atoms with van der Waals surface area (Å²) in [5.74, 6) is 0.297. The lowest BCUT2D eigenvalue weighted by atomic mass is 10.2. The van der Waals surface area contributed by atoms with E-state index in [1.165, 1.54) is 6.21 Å². The number of halogens is 2. The van der Waals surface area contributed by atoms with E-state index in [0.29, 0.717) is 41.5 Å². The summed E-state index contributed by atoms with van der Waals surface area (Å²) in [6, 6.07) is 15.3. The summed E-state index contributed by atoms with van der Waals surface area (Å²) in [6.07, 6.45) is 3.00. The van der Waals surface area contributed by atoms with Gasteiger partial charge in [0.1, 0.15) is 6.61 Å². The van der Waals surface area contributed by atoms with Crippen molar-refractivity contribution in [3.8, 4) is 17.2 Å². The molecule has 0 heterocycles. The summed E-state index contributed by atoms with van der Waals surface area (Å²) < 4.78 is 16.6. The quantitative estimate of drug-likeness (QED) is 0.161. The molecule has 0 aromatic heterocycles. The summed E-state index contributed by atoms with van der Waals surface area (Å²) in [6.45, 7) is 7.85. The molecule has 3 rings (SSSR count). The molecule has 0 radical (unpaired) electrons. The first-order valence-corrected chi connectivity index (χ1v) is 12.4. The molecular formula is C28H27Cl2N3O5. The second-order valence-electron chi connectivity index (χ2n) is 7.91. The number of benzene rings is 3. The van der Waals surface area contributed by atoms with Gasteiger partial charge in [0, 0.05) is 11.3 Å². The van der Waals surface area contributed by atoms with Gasteiger partial charge < -0.3 is 19.5 Å². The minimum absolute atomic E-state index is 0.163. The molecule has 8 nitrogen and oxygen atoms in total. The SMILES string of the molecule is C=CCOc1ccc(C(=O)N/N=C/c2cc(Cl)c(OCC(=O)Nc3ccc(C)cc3)c(Cl)c2)cc1OCC. The Morgan fingerprint density at radius 3 is 2.34 bits per heavy atom. The van der Waals surface area contributed by atoms with Gasteiger partial charge in [-0.25, -0.2) is 5.43 Å². The zero-order chi connectivity index (χ0) is 27.5. The molecule has 0 unspecified atom stereocenters. The maximum atomic E-state index is 12.6. The molecule has 0 saturated carbocycles. The third kappa shape index (κ3) is 8.26. The van der Waals surface area contributed by atoms with Gasteiger partial charge in [-0.3, -0.25) is 9.59 Å². The van der Waals surface area contributed by atoms with Crippen LogP contribution in [0.1, 0.15) is 28.4 Å². The Labute approximate surface area is 231 Å². The van der Waals surface area contributed by atoms with E-state index in [1.54, 1.807) is 48.5 Å². The second-order valence-corrected chi connectivity index (χ2v) is 8.72. The lowest BCUT2D eigenvalue weighted by Crippen LogP contribution is -2.20. The highest BCUT2D eigenvalue weighted by Crippen LogP contribution is 2.34. The zero-order valence-electron chi connectivity index (χ0n) is 20.9. The topological polar surface area (TPSA) is 98.3 Å². The first-order valence-electron chi connectivity index (χ1n) is 11.6. The van der Waals surface area contributed by atoms with Crippen LogP contribution >= 0.6 is 23.2 Å². The predicted molar refractivity (Wildman–Crippen MR) is 150 cm³/mol. The van der Waals surface area contributed by atoms with Crippen LogP contribution in [-0.4, -0.2) is 37.8 Å². The van der Waals surface area contributed by atoms with Crippen molar-refractivity contribution in [3.63, 3.8) is 0 Å². The van der Waals surface area contributed by atoms with Gasteiger partial charge in [0.15, 0.2) is 23.9 Å². The van der Waals surface area contributed by atoms with Crippen LogP contribution < -0.4 is 25.0 Å². The molecule has 0 aliphatic rings. The van der Waals surface area contributed by atoms with Gasteiger partial charge in [0.25, 0.3) is 11.8 Å². The molecule has 0 atom stereocenters. The third-order valence-electron chi connectivity index (χ3n) is 4.95. The molecule has 198 valence electrons. The van der Waals surface area contributed by atoms with E-state index < -0.39 is 5.91 Å². The number of nitrogens with zero attached hydrogens (tertiary/aromatic N) is 1. The van der Waals surface area contributed by atoms with Crippen LogP contribution in [0, 0.1) is 6.92 Å². The molecule has 0 fully saturated rings. The lowest BCUT2D eigenvalue weighted by molar-refractivity contribution is -0.118. The van der Waals surface area contributed by atoms with Crippen LogP contribution in [0.5, 0.6) is 17.2 Å². The summed E-state index contributed by atoms with van der Waals surface area (Å²) in [5, 5.41) is 7.08. The van der Waals surface area contributed by atoms with Gasteiger partial charge in [-0.15, -0.1) is 0 Å². The molecule has 2 amide bonds. The number of hydrogen-bond donors (Lipinski definition) is 2. The van der Waals surface area contributed by atoms with Crippen molar-refractivity contribution in [2.24, 2.45) is 5.10 Å². The van der Waals surface area contributed by atoms with Gasteiger partial charge in [-0.2, -0.15) is 5.10 Å². The Balaban J connectivity index is 1.59. The fraction of sp³-hybridized carbons (Fsp3) is 0.179. The number of aryl methyl sites for hydroxylation is 1. The van der Waals surface area contributed by atoms with Crippen molar-refractivity contribution in [1.82, 2.24) is 5.43 Å². The number of hydrogen-bond acceptors (Lipinski definition) is 6. The zero-order valence-corrected chi connectivity index (χ0v) is 22.4. The van der Waals surface area contributed by atoms with Crippen LogP contribution in [0.2, 0.25) is 10.0 Å². The number of rotatable bonds is 12.